The van der Waals surface area contributed by atoms with Crippen molar-refractivity contribution in [2.45, 2.75) is 6.29 Å². The molecule has 0 saturated carbocycles. The van der Waals surface area contributed by atoms with Crippen molar-refractivity contribution in [2.75, 3.05) is 14.2 Å². The number of ether oxygens (including phenoxy) is 3. The number of carbonyl (C=O) groups is 2. The first-order chi connectivity index (χ1) is 6.67. The van der Waals surface area contributed by atoms with Crippen LogP contribution in [0.25, 0.3) is 0 Å². The molecule has 0 amide bonds. The number of cyclic esters (lactones) is 1. The zero-order valence-electron chi connectivity index (χ0n) is 7.85. The molecule has 0 bridgehead atoms. The fourth-order valence-electron chi connectivity index (χ4n) is 0.951. The lowest BCUT2D eigenvalue weighted by molar-refractivity contribution is -0.161. The molecule has 0 spiro atoms. The molecule has 5 heteroatoms. The third-order valence-electron chi connectivity index (χ3n) is 1.61. The van der Waals surface area contributed by atoms with Crippen molar-refractivity contribution in [1.82, 2.24) is 0 Å². The van der Waals surface area contributed by atoms with E-state index in [0.717, 1.165) is 0 Å². The molecule has 1 atom stereocenters. The summed E-state index contributed by atoms with van der Waals surface area (Å²) in [7, 11) is 2.64. The van der Waals surface area contributed by atoms with Crippen LogP contribution < -0.4 is 0 Å². The minimum atomic E-state index is -0.841. The van der Waals surface area contributed by atoms with Crippen molar-refractivity contribution in [2.24, 2.45) is 0 Å². The van der Waals surface area contributed by atoms with Crippen LogP contribution in [0.5, 0.6) is 0 Å². The molecule has 0 aliphatic carbocycles. The number of rotatable bonds is 2. The van der Waals surface area contributed by atoms with E-state index in [1.165, 1.54) is 32.4 Å². The van der Waals surface area contributed by atoms with E-state index in [2.05, 4.69) is 4.74 Å². The van der Waals surface area contributed by atoms with Crippen molar-refractivity contribution in [3.05, 3.63) is 23.8 Å². The van der Waals surface area contributed by atoms with Gasteiger partial charge in [0.05, 0.1) is 7.11 Å². The molecular formula is C9H10O5. The summed E-state index contributed by atoms with van der Waals surface area (Å²) in [5.41, 5.74) is 0.443. The van der Waals surface area contributed by atoms with Crippen LogP contribution in [0.2, 0.25) is 0 Å². The van der Waals surface area contributed by atoms with Gasteiger partial charge >= 0.3 is 11.9 Å². The van der Waals surface area contributed by atoms with E-state index in [1.807, 2.05) is 0 Å². The Kier molecular flexibility index (Phi) is 3.41. The Bertz CT molecular complexity index is 302. The molecule has 5 nitrogen and oxygen atoms in total. The molecule has 1 aliphatic heterocycles. The first kappa shape index (κ1) is 10.5. The van der Waals surface area contributed by atoms with Crippen LogP contribution in [0.3, 0.4) is 0 Å². The topological polar surface area (TPSA) is 61.8 Å². The minimum absolute atomic E-state index is 0.443. The van der Waals surface area contributed by atoms with Crippen LogP contribution in [0.4, 0.5) is 0 Å². The summed E-state index contributed by atoms with van der Waals surface area (Å²) in [6.07, 6.45) is 3.03. The Balaban J connectivity index is 2.85. The van der Waals surface area contributed by atoms with Gasteiger partial charge in [0.25, 0.3) is 0 Å². The van der Waals surface area contributed by atoms with Gasteiger partial charge in [-0.2, -0.15) is 0 Å². The SMILES string of the molecule is COC(=O)/C=C1\C=CC(=O)OC1OC. The van der Waals surface area contributed by atoms with Gasteiger partial charge in [0, 0.05) is 24.8 Å². The predicted octanol–water partition coefficient (Wildman–Crippen LogP) is 0.171. The highest BCUT2D eigenvalue weighted by atomic mass is 16.7. The molecule has 76 valence electrons. The molecule has 0 aromatic carbocycles. The van der Waals surface area contributed by atoms with Crippen molar-refractivity contribution < 1.29 is 23.8 Å². The van der Waals surface area contributed by atoms with Gasteiger partial charge in [0.2, 0.25) is 6.29 Å². The second kappa shape index (κ2) is 4.57. The van der Waals surface area contributed by atoms with Crippen LogP contribution in [0.15, 0.2) is 23.8 Å². The Morgan fingerprint density at radius 1 is 1.50 bits per heavy atom. The third-order valence-corrected chi connectivity index (χ3v) is 1.61. The highest BCUT2D eigenvalue weighted by molar-refractivity contribution is 5.87. The molecule has 0 saturated heterocycles. The Morgan fingerprint density at radius 2 is 2.21 bits per heavy atom. The number of methoxy groups -OCH3 is 2. The molecule has 0 N–H and O–H groups in total. The molecule has 14 heavy (non-hydrogen) atoms. The normalized spacial score (nSPS) is 23.4. The molecule has 0 radical (unpaired) electrons. The highest BCUT2D eigenvalue weighted by Crippen LogP contribution is 2.15. The second-order valence-electron chi connectivity index (χ2n) is 2.51. The molecule has 1 rings (SSSR count). The quantitative estimate of drug-likeness (QED) is 0.467. The molecule has 1 aliphatic rings. The highest BCUT2D eigenvalue weighted by Gasteiger charge is 2.21. The lowest BCUT2D eigenvalue weighted by Crippen LogP contribution is -2.24. The minimum Gasteiger partial charge on any atom is -0.466 e. The maximum Gasteiger partial charge on any atom is 0.333 e. The number of esters is 2. The van der Waals surface area contributed by atoms with Crippen molar-refractivity contribution >= 4 is 11.9 Å². The smallest absolute Gasteiger partial charge is 0.333 e. The van der Waals surface area contributed by atoms with Gasteiger partial charge < -0.3 is 14.2 Å². The van der Waals surface area contributed by atoms with Crippen molar-refractivity contribution in [3.8, 4) is 0 Å². The van der Waals surface area contributed by atoms with E-state index in [4.69, 9.17) is 9.47 Å². The zero-order valence-corrected chi connectivity index (χ0v) is 7.85. The van der Waals surface area contributed by atoms with Gasteiger partial charge in [-0.25, -0.2) is 9.59 Å². The summed E-state index contributed by atoms with van der Waals surface area (Å²) in [6.45, 7) is 0. The second-order valence-corrected chi connectivity index (χ2v) is 2.51. The molecular weight excluding hydrogens is 188 g/mol. The van der Waals surface area contributed by atoms with E-state index >= 15 is 0 Å². The average molecular weight is 198 g/mol. The van der Waals surface area contributed by atoms with E-state index in [0.29, 0.717) is 5.57 Å². The fourth-order valence-corrected chi connectivity index (χ4v) is 0.951. The molecule has 1 unspecified atom stereocenters. The largest absolute Gasteiger partial charge is 0.466 e. The maximum absolute atomic E-state index is 10.9. The molecule has 1 heterocycles. The van der Waals surface area contributed by atoms with E-state index in [1.54, 1.807) is 0 Å². The summed E-state index contributed by atoms with van der Waals surface area (Å²) in [4.78, 5) is 21.7. The molecule has 0 aromatic heterocycles. The summed E-state index contributed by atoms with van der Waals surface area (Å²) >= 11 is 0. The maximum atomic E-state index is 10.9. The number of hydrogen-bond acceptors (Lipinski definition) is 5. The van der Waals surface area contributed by atoms with Gasteiger partial charge in [-0.3, -0.25) is 0 Å². The van der Waals surface area contributed by atoms with Crippen molar-refractivity contribution in [3.63, 3.8) is 0 Å². The van der Waals surface area contributed by atoms with Gasteiger partial charge in [-0.1, -0.05) is 0 Å². The van der Waals surface area contributed by atoms with Crippen LogP contribution in [0.1, 0.15) is 0 Å². The lowest BCUT2D eigenvalue weighted by Gasteiger charge is -2.19. The summed E-state index contributed by atoms with van der Waals surface area (Å²) in [6, 6.07) is 0. The number of hydrogen-bond donors (Lipinski definition) is 0. The third kappa shape index (κ3) is 2.43. The molecule has 0 aromatic rings. The standard InChI is InChI=1S/C9H10O5/c1-12-8(11)5-6-3-4-7(10)14-9(6)13-2/h3-5,9H,1-2H3/b6-5+. The first-order valence-corrected chi connectivity index (χ1v) is 3.88. The lowest BCUT2D eigenvalue weighted by atomic mass is 10.2. The summed E-state index contributed by atoms with van der Waals surface area (Å²) < 4.78 is 14.0. The van der Waals surface area contributed by atoms with Crippen LogP contribution in [0, 0.1) is 0 Å². The van der Waals surface area contributed by atoms with E-state index in [-0.39, 0.29) is 0 Å². The summed E-state index contributed by atoms with van der Waals surface area (Å²) in [5, 5.41) is 0. The Morgan fingerprint density at radius 3 is 2.79 bits per heavy atom. The summed E-state index contributed by atoms with van der Waals surface area (Å²) in [5.74, 6) is -1.02. The molecule has 0 fully saturated rings. The Labute approximate surface area is 80.9 Å². The zero-order chi connectivity index (χ0) is 10.6. The van der Waals surface area contributed by atoms with Gasteiger partial charge in [-0.05, 0) is 6.08 Å². The van der Waals surface area contributed by atoms with Gasteiger partial charge in [0.1, 0.15) is 0 Å². The van der Waals surface area contributed by atoms with Gasteiger partial charge in [0.15, 0.2) is 0 Å². The number of carbonyl (C=O) groups excluding carboxylic acids is 2. The van der Waals surface area contributed by atoms with E-state index < -0.39 is 18.2 Å². The van der Waals surface area contributed by atoms with E-state index in [9.17, 15) is 9.59 Å². The fraction of sp³-hybridized carbons (Fsp3) is 0.333. The van der Waals surface area contributed by atoms with Crippen LogP contribution in [-0.4, -0.2) is 32.4 Å². The Hall–Kier alpha value is -1.62. The predicted molar refractivity (Wildman–Crippen MR) is 46.1 cm³/mol. The first-order valence-electron chi connectivity index (χ1n) is 3.88. The van der Waals surface area contributed by atoms with Crippen molar-refractivity contribution in [1.29, 1.82) is 0 Å². The van der Waals surface area contributed by atoms with Crippen LogP contribution >= 0.6 is 0 Å². The van der Waals surface area contributed by atoms with Gasteiger partial charge in [-0.15, -0.1) is 0 Å². The average Bonchev–Trinajstić information content (AvgIpc) is 2.20. The monoisotopic (exact) mass is 198 g/mol. The van der Waals surface area contributed by atoms with Crippen LogP contribution in [-0.2, 0) is 23.8 Å².